The van der Waals surface area contributed by atoms with Crippen molar-refractivity contribution in [3.63, 3.8) is 0 Å². The Hall–Kier alpha value is -4.57. The number of hydrogen-bond acceptors (Lipinski definition) is 7. The fourth-order valence-electron chi connectivity index (χ4n) is 3.77. The second-order valence-electron chi connectivity index (χ2n) is 8.00. The van der Waals surface area contributed by atoms with Crippen LogP contribution in [0.1, 0.15) is 34.6 Å². The SMILES string of the molecule is CC1=NN(c2ccc(C(=O)O)cc2)C(=O)/C1=C\C=C\C1C(C)=NN(c2ccc(C(=O)O)cc2)C1O. The molecule has 35 heavy (non-hydrogen) atoms. The number of nitrogens with zero attached hydrogens (tertiary/aromatic N) is 4. The lowest BCUT2D eigenvalue weighted by atomic mass is 10.0. The summed E-state index contributed by atoms with van der Waals surface area (Å²) in [5, 5.41) is 40.2. The number of carboxylic acid groups (broad SMARTS) is 2. The molecule has 0 radical (unpaired) electrons. The zero-order valence-corrected chi connectivity index (χ0v) is 18.9. The number of aliphatic hydroxyl groups is 1. The van der Waals surface area contributed by atoms with Crippen LogP contribution in [-0.2, 0) is 4.79 Å². The van der Waals surface area contributed by atoms with Crippen molar-refractivity contribution < 1.29 is 29.7 Å². The third-order valence-electron chi connectivity index (χ3n) is 5.70. The largest absolute Gasteiger partial charge is 0.478 e. The van der Waals surface area contributed by atoms with E-state index in [1.807, 2.05) is 0 Å². The van der Waals surface area contributed by atoms with E-state index in [2.05, 4.69) is 10.2 Å². The molecular formula is C25H22N4O6. The molecule has 0 aromatic heterocycles. The Morgan fingerprint density at radius 2 is 1.43 bits per heavy atom. The van der Waals surface area contributed by atoms with Gasteiger partial charge < -0.3 is 15.3 Å². The molecule has 0 saturated heterocycles. The number of anilines is 2. The van der Waals surface area contributed by atoms with Gasteiger partial charge in [-0.05, 0) is 68.5 Å². The first-order chi connectivity index (χ1) is 16.7. The van der Waals surface area contributed by atoms with Gasteiger partial charge in [-0.25, -0.2) is 14.6 Å². The lowest BCUT2D eigenvalue weighted by Gasteiger charge is -2.21. The maximum Gasteiger partial charge on any atom is 0.335 e. The minimum atomic E-state index is -1.06. The van der Waals surface area contributed by atoms with Crippen molar-refractivity contribution in [2.75, 3.05) is 10.0 Å². The molecule has 4 rings (SSSR count). The van der Waals surface area contributed by atoms with E-state index in [0.717, 1.165) is 0 Å². The highest BCUT2D eigenvalue weighted by Gasteiger charge is 2.33. The number of aromatic carboxylic acids is 2. The highest BCUT2D eigenvalue weighted by Crippen LogP contribution is 2.29. The zero-order valence-electron chi connectivity index (χ0n) is 18.9. The summed E-state index contributed by atoms with van der Waals surface area (Å²) < 4.78 is 0. The first-order valence-electron chi connectivity index (χ1n) is 10.6. The molecule has 0 fully saturated rings. The molecule has 2 aliphatic heterocycles. The summed E-state index contributed by atoms with van der Waals surface area (Å²) in [7, 11) is 0. The number of hydrogen-bond donors (Lipinski definition) is 3. The standard InChI is InChI=1S/C25H22N4O6/c1-14-20(22(30)28(26-14)18-10-6-16(7-11-18)24(32)33)4-3-5-21-15(2)27-29(23(21)31)19-12-8-17(9-13-19)25(34)35/h3-13,20,22,30H,1-2H3,(H,32,33)(H,34,35)/b4-3+,21-5-. The summed E-state index contributed by atoms with van der Waals surface area (Å²) in [5.74, 6) is -2.89. The average Bonchev–Trinajstić information content (AvgIpc) is 3.28. The Labute approximate surface area is 200 Å². The topological polar surface area (TPSA) is 143 Å². The molecular weight excluding hydrogens is 452 g/mol. The Kier molecular flexibility index (Phi) is 6.30. The predicted molar refractivity (Wildman–Crippen MR) is 130 cm³/mol. The first kappa shape index (κ1) is 23.6. The maximum absolute atomic E-state index is 12.9. The molecule has 0 aliphatic carbocycles. The molecule has 178 valence electrons. The molecule has 10 nitrogen and oxygen atoms in total. The summed E-state index contributed by atoms with van der Waals surface area (Å²) in [5.41, 5.74) is 2.76. The lowest BCUT2D eigenvalue weighted by Crippen LogP contribution is -2.31. The summed E-state index contributed by atoms with van der Waals surface area (Å²) in [4.78, 5) is 35.0. The molecule has 10 heteroatoms. The van der Waals surface area contributed by atoms with Gasteiger partial charge >= 0.3 is 11.9 Å². The summed E-state index contributed by atoms with van der Waals surface area (Å²) in [6.45, 7) is 3.47. The van der Waals surface area contributed by atoms with E-state index < -0.39 is 24.1 Å². The van der Waals surface area contributed by atoms with Crippen LogP contribution in [0.5, 0.6) is 0 Å². The second kappa shape index (κ2) is 9.35. The minimum absolute atomic E-state index is 0.110. The molecule has 2 atom stereocenters. The fourth-order valence-corrected chi connectivity index (χ4v) is 3.77. The Bertz CT molecular complexity index is 1310. The van der Waals surface area contributed by atoms with Crippen LogP contribution in [0.4, 0.5) is 11.4 Å². The van der Waals surface area contributed by atoms with Crippen LogP contribution in [0.25, 0.3) is 0 Å². The van der Waals surface area contributed by atoms with Gasteiger partial charge in [0.05, 0.1) is 39.7 Å². The number of rotatable bonds is 6. The molecule has 0 saturated carbocycles. The third kappa shape index (κ3) is 4.59. The molecule has 1 amide bonds. The van der Waals surface area contributed by atoms with Crippen LogP contribution in [-0.4, -0.2) is 50.8 Å². The molecule has 0 spiro atoms. The average molecular weight is 474 g/mol. The lowest BCUT2D eigenvalue weighted by molar-refractivity contribution is -0.114. The van der Waals surface area contributed by atoms with Crippen molar-refractivity contribution >= 4 is 40.6 Å². The van der Waals surface area contributed by atoms with E-state index >= 15 is 0 Å². The van der Waals surface area contributed by atoms with Gasteiger partial charge in [0.25, 0.3) is 5.91 Å². The second-order valence-corrected chi connectivity index (χ2v) is 8.00. The number of aliphatic hydroxyl groups excluding tert-OH is 1. The summed E-state index contributed by atoms with van der Waals surface area (Å²) in [6.07, 6.45) is 4.00. The normalized spacial score (nSPS) is 21.1. The highest BCUT2D eigenvalue weighted by atomic mass is 16.4. The third-order valence-corrected chi connectivity index (χ3v) is 5.70. The molecule has 2 aromatic carbocycles. The number of benzene rings is 2. The van der Waals surface area contributed by atoms with Gasteiger partial charge in [0.1, 0.15) is 0 Å². The number of allylic oxidation sites excluding steroid dienone is 2. The molecule has 2 unspecified atom stereocenters. The van der Waals surface area contributed by atoms with Gasteiger partial charge in [-0.3, -0.25) is 4.79 Å². The van der Waals surface area contributed by atoms with Crippen LogP contribution in [0.2, 0.25) is 0 Å². The van der Waals surface area contributed by atoms with Crippen molar-refractivity contribution in [1.29, 1.82) is 0 Å². The van der Waals surface area contributed by atoms with Crippen LogP contribution in [0.3, 0.4) is 0 Å². The van der Waals surface area contributed by atoms with Crippen LogP contribution < -0.4 is 10.0 Å². The van der Waals surface area contributed by atoms with Gasteiger partial charge in [-0.15, -0.1) is 0 Å². The van der Waals surface area contributed by atoms with Gasteiger partial charge in [0.15, 0.2) is 6.23 Å². The fraction of sp³-hybridized carbons (Fsp3) is 0.160. The number of carboxylic acids is 2. The molecule has 3 N–H and O–H groups in total. The van der Waals surface area contributed by atoms with Crippen molar-refractivity contribution in [3.8, 4) is 0 Å². The van der Waals surface area contributed by atoms with E-state index in [4.69, 9.17) is 10.2 Å². The molecule has 2 aromatic rings. The smallest absolute Gasteiger partial charge is 0.335 e. The number of carbonyl (C=O) groups is 3. The van der Waals surface area contributed by atoms with E-state index in [1.165, 1.54) is 46.4 Å². The monoisotopic (exact) mass is 474 g/mol. The molecule has 0 bridgehead atoms. The zero-order chi connectivity index (χ0) is 25.3. The minimum Gasteiger partial charge on any atom is -0.478 e. The first-order valence-corrected chi connectivity index (χ1v) is 10.6. The van der Waals surface area contributed by atoms with Crippen molar-refractivity contribution in [2.24, 2.45) is 16.1 Å². The van der Waals surface area contributed by atoms with Gasteiger partial charge in [-0.1, -0.05) is 12.2 Å². The molecule has 2 heterocycles. The summed E-state index contributed by atoms with van der Waals surface area (Å²) in [6, 6.07) is 11.9. The summed E-state index contributed by atoms with van der Waals surface area (Å²) >= 11 is 0. The van der Waals surface area contributed by atoms with Crippen LogP contribution in [0.15, 0.2) is 82.5 Å². The number of carbonyl (C=O) groups excluding carboxylic acids is 1. The Morgan fingerprint density at radius 3 is 1.97 bits per heavy atom. The van der Waals surface area contributed by atoms with Crippen molar-refractivity contribution in [1.82, 2.24) is 0 Å². The van der Waals surface area contributed by atoms with E-state index in [0.29, 0.717) is 28.4 Å². The predicted octanol–water partition coefficient (Wildman–Crippen LogP) is 3.12. The maximum atomic E-state index is 12.9. The Morgan fingerprint density at radius 1 is 0.886 bits per heavy atom. The van der Waals surface area contributed by atoms with E-state index in [1.54, 1.807) is 44.2 Å². The number of hydrazone groups is 2. The van der Waals surface area contributed by atoms with Gasteiger partial charge in [0, 0.05) is 5.71 Å². The quantitative estimate of drug-likeness (QED) is 0.546. The van der Waals surface area contributed by atoms with Crippen molar-refractivity contribution in [3.05, 3.63) is 83.5 Å². The van der Waals surface area contributed by atoms with Crippen molar-refractivity contribution in [2.45, 2.75) is 20.1 Å². The van der Waals surface area contributed by atoms with Crippen LogP contribution in [0, 0.1) is 5.92 Å². The van der Waals surface area contributed by atoms with E-state index in [9.17, 15) is 19.5 Å². The Balaban J connectivity index is 1.47. The van der Waals surface area contributed by atoms with E-state index in [-0.39, 0.29) is 17.0 Å². The number of amides is 1. The van der Waals surface area contributed by atoms with Crippen LogP contribution >= 0.6 is 0 Å². The highest BCUT2D eigenvalue weighted by molar-refractivity contribution is 6.29. The van der Waals surface area contributed by atoms with Gasteiger partial charge in [-0.2, -0.15) is 15.2 Å². The molecule has 2 aliphatic rings. The van der Waals surface area contributed by atoms with Gasteiger partial charge in [0.2, 0.25) is 0 Å².